The van der Waals surface area contributed by atoms with Gasteiger partial charge < -0.3 is 15.8 Å². The van der Waals surface area contributed by atoms with E-state index in [9.17, 15) is 9.59 Å². The van der Waals surface area contributed by atoms with E-state index in [-0.39, 0.29) is 12.2 Å². The van der Waals surface area contributed by atoms with Crippen LogP contribution in [0, 0.1) is 0 Å². The number of thiazole rings is 1. The first kappa shape index (κ1) is 11.4. The van der Waals surface area contributed by atoms with E-state index >= 15 is 0 Å². The van der Waals surface area contributed by atoms with E-state index in [4.69, 9.17) is 10.5 Å². The van der Waals surface area contributed by atoms with Gasteiger partial charge in [0.1, 0.15) is 0 Å². The number of aromatic nitrogens is 1. The number of hydrogen-bond donors (Lipinski definition) is 2. The van der Waals surface area contributed by atoms with Crippen molar-refractivity contribution in [1.29, 1.82) is 0 Å². The molecule has 0 aliphatic heterocycles. The third-order valence-corrected chi connectivity index (χ3v) is 2.20. The van der Waals surface area contributed by atoms with Crippen molar-refractivity contribution in [2.75, 3.05) is 18.5 Å². The quantitative estimate of drug-likeness (QED) is 0.704. The molecule has 0 atom stereocenters. The van der Waals surface area contributed by atoms with E-state index in [0.29, 0.717) is 11.7 Å². The zero-order valence-electron chi connectivity index (χ0n) is 8.15. The van der Waals surface area contributed by atoms with E-state index in [1.807, 2.05) is 0 Å². The van der Waals surface area contributed by atoms with Crippen LogP contribution in [0.5, 0.6) is 0 Å². The minimum atomic E-state index is -0.483. The van der Waals surface area contributed by atoms with E-state index in [1.165, 1.54) is 11.3 Å². The molecule has 82 valence electrons. The van der Waals surface area contributed by atoms with Gasteiger partial charge in [-0.1, -0.05) is 0 Å². The Bertz CT molecular complexity index is 364. The highest BCUT2D eigenvalue weighted by atomic mass is 32.1. The van der Waals surface area contributed by atoms with E-state index in [2.05, 4.69) is 10.3 Å². The van der Waals surface area contributed by atoms with Crippen molar-refractivity contribution in [2.24, 2.45) is 5.73 Å². The van der Waals surface area contributed by atoms with Gasteiger partial charge in [0, 0.05) is 5.38 Å². The number of ether oxygens (including phenoxy) is 1. The second-order valence-electron chi connectivity index (χ2n) is 2.58. The molecule has 0 fully saturated rings. The third-order valence-electron chi connectivity index (χ3n) is 1.40. The highest BCUT2D eigenvalue weighted by molar-refractivity contribution is 7.13. The van der Waals surface area contributed by atoms with Gasteiger partial charge in [-0.2, -0.15) is 0 Å². The van der Waals surface area contributed by atoms with Crippen LogP contribution in [-0.4, -0.2) is 30.0 Å². The fourth-order valence-electron chi connectivity index (χ4n) is 0.816. The van der Waals surface area contributed by atoms with Crippen molar-refractivity contribution in [3.05, 3.63) is 11.1 Å². The highest BCUT2D eigenvalue weighted by Gasteiger charge is 2.11. The molecule has 1 rings (SSSR count). The Morgan fingerprint density at radius 2 is 2.40 bits per heavy atom. The Morgan fingerprint density at radius 3 is 3.00 bits per heavy atom. The number of rotatable bonds is 5. The molecule has 1 aromatic heterocycles. The fourth-order valence-corrected chi connectivity index (χ4v) is 1.50. The molecule has 0 spiro atoms. The standard InChI is InChI=1S/C8H11N3O3S/c1-2-14-7(13)5-4-15-8(11-5)10-3-6(9)12/h4H,2-3H2,1H3,(H2,9,12)(H,10,11). The molecule has 0 saturated carbocycles. The number of amides is 1. The fraction of sp³-hybridized carbons (Fsp3) is 0.375. The normalized spacial score (nSPS) is 9.67. The SMILES string of the molecule is CCOC(=O)c1csc(NCC(N)=O)n1. The topological polar surface area (TPSA) is 94.3 Å². The molecule has 0 radical (unpaired) electrons. The molecule has 7 heteroatoms. The molecule has 3 N–H and O–H groups in total. The van der Waals surface area contributed by atoms with Crippen LogP contribution in [0.4, 0.5) is 5.13 Å². The predicted molar refractivity (Wildman–Crippen MR) is 55.8 cm³/mol. The van der Waals surface area contributed by atoms with Crippen LogP contribution in [0.2, 0.25) is 0 Å². The van der Waals surface area contributed by atoms with Gasteiger partial charge in [0.25, 0.3) is 0 Å². The number of nitrogens with two attached hydrogens (primary N) is 1. The maximum Gasteiger partial charge on any atom is 0.357 e. The minimum absolute atomic E-state index is 0.00419. The lowest BCUT2D eigenvalue weighted by molar-refractivity contribution is -0.116. The second-order valence-corrected chi connectivity index (χ2v) is 3.44. The van der Waals surface area contributed by atoms with Gasteiger partial charge in [0.2, 0.25) is 5.91 Å². The number of esters is 1. The molecule has 0 aromatic carbocycles. The average molecular weight is 229 g/mol. The third kappa shape index (κ3) is 3.55. The molecular weight excluding hydrogens is 218 g/mol. The number of nitrogens with zero attached hydrogens (tertiary/aromatic N) is 1. The summed E-state index contributed by atoms with van der Waals surface area (Å²) >= 11 is 1.21. The maximum atomic E-state index is 11.2. The average Bonchev–Trinajstić information content (AvgIpc) is 2.63. The zero-order valence-corrected chi connectivity index (χ0v) is 8.97. The molecule has 0 saturated heterocycles. The Morgan fingerprint density at radius 1 is 1.67 bits per heavy atom. The van der Waals surface area contributed by atoms with Gasteiger partial charge in [-0.25, -0.2) is 9.78 Å². The molecule has 6 nitrogen and oxygen atoms in total. The Kier molecular flexibility index (Phi) is 4.04. The van der Waals surface area contributed by atoms with Crippen molar-refractivity contribution >= 4 is 28.3 Å². The van der Waals surface area contributed by atoms with Crippen LogP contribution in [0.1, 0.15) is 17.4 Å². The first-order valence-electron chi connectivity index (χ1n) is 4.28. The molecule has 0 bridgehead atoms. The van der Waals surface area contributed by atoms with Crippen molar-refractivity contribution in [3.8, 4) is 0 Å². The summed E-state index contributed by atoms with van der Waals surface area (Å²) in [7, 11) is 0. The molecule has 0 aliphatic rings. The zero-order chi connectivity index (χ0) is 11.3. The van der Waals surface area contributed by atoms with Crippen molar-refractivity contribution in [2.45, 2.75) is 6.92 Å². The van der Waals surface area contributed by atoms with Gasteiger partial charge >= 0.3 is 5.97 Å². The van der Waals surface area contributed by atoms with Crippen LogP contribution in [-0.2, 0) is 9.53 Å². The summed E-state index contributed by atoms with van der Waals surface area (Å²) < 4.78 is 4.75. The Hall–Kier alpha value is -1.63. The molecule has 1 heterocycles. The van der Waals surface area contributed by atoms with Crippen molar-refractivity contribution in [3.63, 3.8) is 0 Å². The number of anilines is 1. The molecule has 0 aliphatic carbocycles. The summed E-state index contributed by atoms with van der Waals surface area (Å²) in [6, 6.07) is 0. The van der Waals surface area contributed by atoms with Gasteiger partial charge in [-0.05, 0) is 6.92 Å². The van der Waals surface area contributed by atoms with Gasteiger partial charge in [-0.15, -0.1) is 11.3 Å². The van der Waals surface area contributed by atoms with E-state index in [0.717, 1.165) is 0 Å². The Labute approximate surface area is 90.4 Å². The largest absolute Gasteiger partial charge is 0.461 e. The molecule has 15 heavy (non-hydrogen) atoms. The molecule has 0 unspecified atom stereocenters. The summed E-state index contributed by atoms with van der Waals surface area (Å²) in [5.74, 6) is -0.955. The minimum Gasteiger partial charge on any atom is -0.461 e. The second kappa shape index (κ2) is 5.30. The smallest absolute Gasteiger partial charge is 0.357 e. The molecule has 1 aromatic rings. The number of hydrogen-bond acceptors (Lipinski definition) is 6. The van der Waals surface area contributed by atoms with Crippen molar-refractivity contribution < 1.29 is 14.3 Å². The number of carbonyl (C=O) groups excluding carboxylic acids is 2. The lowest BCUT2D eigenvalue weighted by atomic mass is 10.5. The van der Waals surface area contributed by atoms with Crippen LogP contribution in [0.3, 0.4) is 0 Å². The Balaban J connectivity index is 2.56. The predicted octanol–water partition coefficient (Wildman–Crippen LogP) is 0.217. The lowest BCUT2D eigenvalue weighted by Crippen LogP contribution is -2.21. The summed E-state index contributed by atoms with van der Waals surface area (Å²) in [4.78, 5) is 25.6. The number of primary amides is 1. The summed E-state index contributed by atoms with van der Waals surface area (Å²) in [5.41, 5.74) is 5.17. The van der Waals surface area contributed by atoms with Crippen LogP contribution < -0.4 is 11.1 Å². The lowest BCUT2D eigenvalue weighted by Gasteiger charge is -1.97. The maximum absolute atomic E-state index is 11.2. The summed E-state index contributed by atoms with van der Waals surface area (Å²) in [5, 5.41) is 4.71. The van der Waals surface area contributed by atoms with Crippen molar-refractivity contribution in [1.82, 2.24) is 4.98 Å². The summed E-state index contributed by atoms with van der Waals surface area (Å²) in [6.07, 6.45) is 0. The number of carbonyl (C=O) groups is 2. The highest BCUT2D eigenvalue weighted by Crippen LogP contribution is 2.15. The van der Waals surface area contributed by atoms with Gasteiger partial charge in [-0.3, -0.25) is 4.79 Å². The molecule has 1 amide bonds. The van der Waals surface area contributed by atoms with Gasteiger partial charge in [0.15, 0.2) is 10.8 Å². The summed E-state index contributed by atoms with van der Waals surface area (Å²) in [6.45, 7) is 2.02. The van der Waals surface area contributed by atoms with E-state index in [1.54, 1.807) is 12.3 Å². The number of nitrogens with one attached hydrogen (secondary N) is 1. The monoisotopic (exact) mass is 229 g/mol. The van der Waals surface area contributed by atoms with Crippen LogP contribution >= 0.6 is 11.3 Å². The van der Waals surface area contributed by atoms with Gasteiger partial charge in [0.05, 0.1) is 13.2 Å². The molecular formula is C8H11N3O3S. The van der Waals surface area contributed by atoms with Crippen LogP contribution in [0.15, 0.2) is 5.38 Å². The first-order valence-corrected chi connectivity index (χ1v) is 5.16. The van der Waals surface area contributed by atoms with E-state index < -0.39 is 11.9 Å². The first-order chi connectivity index (χ1) is 7.13. The van der Waals surface area contributed by atoms with Crippen LogP contribution in [0.25, 0.3) is 0 Å².